The number of hydrogen-bond donors (Lipinski definition) is 0. The van der Waals surface area contributed by atoms with Crippen LogP contribution in [0.1, 0.15) is 28.9 Å². The molecule has 12 heavy (non-hydrogen) atoms. The Hall–Kier alpha value is 0.110. The van der Waals surface area contributed by atoms with Gasteiger partial charge in [-0.15, -0.1) is 11.3 Å². The molecule has 66 valence electrons. The maximum absolute atomic E-state index is 4.48. The molecule has 0 amide bonds. The van der Waals surface area contributed by atoms with Gasteiger partial charge in [0.1, 0.15) is 5.01 Å². The van der Waals surface area contributed by atoms with Crippen LogP contribution < -0.4 is 0 Å². The molecule has 0 N–H and O–H groups in total. The van der Waals surface area contributed by atoms with Crippen LogP contribution in [0.25, 0.3) is 0 Å². The summed E-state index contributed by atoms with van der Waals surface area (Å²) >= 11 is 5.48. The normalized spacial score (nSPS) is 30.2. The van der Waals surface area contributed by atoms with Gasteiger partial charge in [-0.25, -0.2) is 4.98 Å². The smallest absolute Gasteiger partial charge is 0.107 e. The fourth-order valence-corrected chi connectivity index (χ4v) is 3.45. The molecule has 1 saturated carbocycles. The number of nitrogens with zero attached hydrogens (tertiary/aromatic N) is 1. The summed E-state index contributed by atoms with van der Waals surface area (Å²) in [6.07, 6.45) is 1.36. The van der Waals surface area contributed by atoms with Crippen molar-refractivity contribution >= 4 is 27.3 Å². The van der Waals surface area contributed by atoms with Crippen molar-refractivity contribution in [2.24, 2.45) is 11.8 Å². The van der Waals surface area contributed by atoms with E-state index in [-0.39, 0.29) is 0 Å². The second-order valence-corrected chi connectivity index (χ2v) is 5.48. The zero-order valence-corrected chi connectivity index (χ0v) is 9.65. The second-order valence-electron chi connectivity index (χ2n) is 3.61. The minimum Gasteiger partial charge on any atom is -0.245 e. The lowest BCUT2D eigenvalue weighted by Gasteiger charge is -2.02. The molecule has 3 atom stereocenters. The van der Waals surface area contributed by atoms with Crippen molar-refractivity contribution in [2.45, 2.75) is 25.1 Å². The van der Waals surface area contributed by atoms with Crippen molar-refractivity contribution in [1.82, 2.24) is 4.98 Å². The van der Waals surface area contributed by atoms with Crippen LogP contribution in [0.4, 0.5) is 0 Å². The van der Waals surface area contributed by atoms with Crippen LogP contribution in [0, 0.1) is 18.8 Å². The Morgan fingerprint density at radius 3 is 2.83 bits per heavy atom. The quantitative estimate of drug-likeness (QED) is 0.727. The molecule has 2 rings (SSSR count). The Kier molecular flexibility index (Phi) is 2.25. The highest BCUT2D eigenvalue weighted by Crippen LogP contribution is 2.51. The number of hydrogen-bond acceptors (Lipinski definition) is 2. The molecule has 1 aromatic heterocycles. The first-order valence-corrected chi connectivity index (χ1v) is 6.04. The molecule has 1 aliphatic rings. The molecule has 0 spiro atoms. The third-order valence-corrected chi connectivity index (χ3v) is 4.88. The lowest BCUT2D eigenvalue weighted by molar-refractivity contribution is 0.734. The first-order valence-electron chi connectivity index (χ1n) is 4.24. The lowest BCUT2D eigenvalue weighted by atomic mass is 10.2. The second kappa shape index (κ2) is 3.11. The predicted octanol–water partition coefficient (Wildman–Crippen LogP) is 3.54. The molecular formula is C9H12BrNS. The number of aryl methyl sites for hydroxylation is 1. The van der Waals surface area contributed by atoms with Gasteiger partial charge < -0.3 is 0 Å². The Balaban J connectivity index is 2.09. The van der Waals surface area contributed by atoms with E-state index in [1.54, 1.807) is 11.3 Å². The SMILES string of the molecule is Cc1csc(C(Br)C2CC2C)n1. The van der Waals surface area contributed by atoms with Crippen molar-refractivity contribution < 1.29 is 0 Å². The monoisotopic (exact) mass is 245 g/mol. The Labute approximate surface area is 85.3 Å². The molecule has 0 aliphatic heterocycles. The summed E-state index contributed by atoms with van der Waals surface area (Å²) in [6.45, 7) is 4.36. The summed E-state index contributed by atoms with van der Waals surface area (Å²) < 4.78 is 0. The van der Waals surface area contributed by atoms with Gasteiger partial charge in [-0.2, -0.15) is 0 Å². The van der Waals surface area contributed by atoms with Gasteiger partial charge >= 0.3 is 0 Å². The molecule has 1 fully saturated rings. The van der Waals surface area contributed by atoms with E-state index in [0.29, 0.717) is 4.83 Å². The van der Waals surface area contributed by atoms with Crippen LogP contribution >= 0.6 is 27.3 Å². The number of rotatable bonds is 2. The molecule has 0 saturated heterocycles. The molecule has 0 aromatic carbocycles. The molecule has 0 bridgehead atoms. The average molecular weight is 246 g/mol. The van der Waals surface area contributed by atoms with Gasteiger partial charge in [0.25, 0.3) is 0 Å². The Bertz CT molecular complexity index is 284. The van der Waals surface area contributed by atoms with E-state index in [1.165, 1.54) is 11.4 Å². The summed E-state index contributed by atoms with van der Waals surface area (Å²) in [4.78, 5) is 4.98. The molecule has 3 unspecified atom stereocenters. The van der Waals surface area contributed by atoms with E-state index >= 15 is 0 Å². The van der Waals surface area contributed by atoms with E-state index < -0.39 is 0 Å². The maximum Gasteiger partial charge on any atom is 0.107 e. The first-order chi connectivity index (χ1) is 5.68. The standard InChI is InChI=1S/C9H12BrNS/c1-5-3-7(5)8(10)9-11-6(2)4-12-9/h4-5,7-8H,3H2,1-2H3. The number of halogens is 1. The van der Waals surface area contributed by atoms with Gasteiger partial charge in [0, 0.05) is 11.1 Å². The summed E-state index contributed by atoms with van der Waals surface area (Å²) in [6, 6.07) is 0. The fourth-order valence-electron chi connectivity index (χ4n) is 1.44. The average Bonchev–Trinajstić information content (AvgIpc) is 2.58. The van der Waals surface area contributed by atoms with Crippen LogP contribution in [-0.4, -0.2) is 4.98 Å². The Morgan fingerprint density at radius 2 is 2.42 bits per heavy atom. The van der Waals surface area contributed by atoms with E-state index in [4.69, 9.17) is 0 Å². The summed E-state index contributed by atoms with van der Waals surface area (Å²) in [7, 11) is 0. The zero-order chi connectivity index (χ0) is 8.72. The third kappa shape index (κ3) is 1.57. The van der Waals surface area contributed by atoms with Gasteiger partial charge in [0.05, 0.1) is 4.83 Å². The van der Waals surface area contributed by atoms with Gasteiger partial charge in [-0.1, -0.05) is 22.9 Å². The van der Waals surface area contributed by atoms with E-state index in [0.717, 1.165) is 17.5 Å². The van der Waals surface area contributed by atoms with Crippen molar-refractivity contribution in [3.63, 3.8) is 0 Å². The van der Waals surface area contributed by atoms with Crippen LogP contribution in [0.5, 0.6) is 0 Å². The van der Waals surface area contributed by atoms with E-state index in [9.17, 15) is 0 Å². The van der Waals surface area contributed by atoms with Gasteiger partial charge in [0.2, 0.25) is 0 Å². The topological polar surface area (TPSA) is 12.9 Å². The summed E-state index contributed by atoms with van der Waals surface area (Å²) in [5.41, 5.74) is 1.15. The van der Waals surface area contributed by atoms with Gasteiger partial charge in [-0.05, 0) is 25.2 Å². The van der Waals surface area contributed by atoms with Crippen molar-refractivity contribution in [1.29, 1.82) is 0 Å². The maximum atomic E-state index is 4.48. The number of alkyl halides is 1. The highest BCUT2D eigenvalue weighted by atomic mass is 79.9. The first kappa shape index (κ1) is 8.70. The van der Waals surface area contributed by atoms with Crippen molar-refractivity contribution in [2.75, 3.05) is 0 Å². The molecule has 1 nitrogen and oxygen atoms in total. The molecule has 3 heteroatoms. The third-order valence-electron chi connectivity index (χ3n) is 2.42. The van der Waals surface area contributed by atoms with Crippen molar-refractivity contribution in [3.8, 4) is 0 Å². The minimum atomic E-state index is 0.506. The lowest BCUT2D eigenvalue weighted by Crippen LogP contribution is -1.92. The van der Waals surface area contributed by atoms with Crippen molar-refractivity contribution in [3.05, 3.63) is 16.1 Å². The summed E-state index contributed by atoms with van der Waals surface area (Å²) in [5.74, 6) is 1.72. The zero-order valence-electron chi connectivity index (χ0n) is 7.25. The van der Waals surface area contributed by atoms with Crippen LogP contribution in [0.2, 0.25) is 0 Å². The van der Waals surface area contributed by atoms with Crippen LogP contribution in [0.15, 0.2) is 5.38 Å². The summed E-state index contributed by atoms with van der Waals surface area (Å²) in [5, 5.41) is 3.37. The van der Waals surface area contributed by atoms with Crippen LogP contribution in [0.3, 0.4) is 0 Å². The molecule has 1 aliphatic carbocycles. The highest BCUT2D eigenvalue weighted by molar-refractivity contribution is 9.09. The largest absolute Gasteiger partial charge is 0.245 e. The van der Waals surface area contributed by atoms with Gasteiger partial charge in [0.15, 0.2) is 0 Å². The predicted molar refractivity (Wildman–Crippen MR) is 55.8 cm³/mol. The highest BCUT2D eigenvalue weighted by Gasteiger charge is 2.39. The Morgan fingerprint density at radius 1 is 1.75 bits per heavy atom. The van der Waals surface area contributed by atoms with E-state index in [2.05, 4.69) is 40.1 Å². The van der Waals surface area contributed by atoms with Crippen LogP contribution in [-0.2, 0) is 0 Å². The minimum absolute atomic E-state index is 0.506. The number of aromatic nitrogens is 1. The number of thiazole rings is 1. The molecular weight excluding hydrogens is 234 g/mol. The fraction of sp³-hybridized carbons (Fsp3) is 0.667. The van der Waals surface area contributed by atoms with E-state index in [1.807, 2.05) is 0 Å². The molecule has 1 heterocycles. The molecule has 0 radical (unpaired) electrons. The van der Waals surface area contributed by atoms with Gasteiger partial charge in [-0.3, -0.25) is 0 Å². The molecule has 1 aromatic rings.